The summed E-state index contributed by atoms with van der Waals surface area (Å²) < 4.78 is 0. The number of carboxylic acids is 1. The van der Waals surface area contributed by atoms with Crippen LogP contribution in [0, 0.1) is 0 Å². The molecular formula is C19H12O2S3. The van der Waals surface area contributed by atoms with E-state index in [1.165, 1.54) is 9.75 Å². The number of carboxylic acid groups (broad SMARTS) is 1. The Bertz CT molecular complexity index is 980. The molecule has 0 unspecified atom stereocenters. The Balaban J connectivity index is 1.96. The number of thiophene rings is 3. The van der Waals surface area contributed by atoms with Gasteiger partial charge in [-0.3, -0.25) is 0 Å². The van der Waals surface area contributed by atoms with E-state index in [1.807, 2.05) is 29.6 Å². The van der Waals surface area contributed by atoms with E-state index in [2.05, 4.69) is 23.6 Å². The minimum absolute atomic E-state index is 0.339. The van der Waals surface area contributed by atoms with Crippen molar-refractivity contribution in [3.05, 3.63) is 70.9 Å². The summed E-state index contributed by atoms with van der Waals surface area (Å²) in [4.78, 5) is 16.3. The summed E-state index contributed by atoms with van der Waals surface area (Å²) >= 11 is 5.09. The Morgan fingerprint density at radius 2 is 1.50 bits per heavy atom. The Morgan fingerprint density at radius 1 is 0.792 bits per heavy atom. The number of carbonyl (C=O) groups is 1. The molecule has 3 aromatic heterocycles. The van der Waals surface area contributed by atoms with Crippen molar-refractivity contribution in [2.45, 2.75) is 0 Å². The summed E-state index contributed by atoms with van der Waals surface area (Å²) in [5.74, 6) is -0.897. The fraction of sp³-hybridized carbons (Fsp3) is 0. The van der Waals surface area contributed by atoms with Gasteiger partial charge in [0.15, 0.2) is 0 Å². The van der Waals surface area contributed by atoms with Gasteiger partial charge in [-0.1, -0.05) is 30.3 Å². The lowest BCUT2D eigenvalue weighted by Gasteiger charge is -2.06. The maximum absolute atomic E-state index is 11.6. The van der Waals surface area contributed by atoms with Crippen molar-refractivity contribution < 1.29 is 9.90 Å². The molecule has 0 spiro atoms. The second kappa shape index (κ2) is 6.36. The van der Waals surface area contributed by atoms with Crippen LogP contribution in [0.5, 0.6) is 0 Å². The average Bonchev–Trinajstić information content (AvgIpc) is 3.33. The maximum atomic E-state index is 11.6. The lowest BCUT2D eigenvalue weighted by atomic mass is 9.99. The van der Waals surface area contributed by atoms with Crippen LogP contribution in [-0.2, 0) is 0 Å². The molecule has 0 saturated heterocycles. The van der Waals surface area contributed by atoms with E-state index in [0.29, 0.717) is 5.56 Å². The van der Waals surface area contributed by atoms with Crippen LogP contribution in [-0.4, -0.2) is 11.1 Å². The minimum atomic E-state index is -0.897. The molecule has 5 heteroatoms. The normalized spacial score (nSPS) is 10.8. The Kier molecular flexibility index (Phi) is 4.06. The van der Waals surface area contributed by atoms with Crippen LogP contribution < -0.4 is 0 Å². The topological polar surface area (TPSA) is 37.3 Å². The molecule has 0 saturated carbocycles. The smallest absolute Gasteiger partial charge is 0.336 e. The van der Waals surface area contributed by atoms with E-state index in [0.717, 1.165) is 20.9 Å². The minimum Gasteiger partial charge on any atom is -0.478 e. The van der Waals surface area contributed by atoms with Gasteiger partial charge in [0, 0.05) is 20.2 Å². The van der Waals surface area contributed by atoms with Gasteiger partial charge in [-0.05, 0) is 40.6 Å². The summed E-state index contributed by atoms with van der Waals surface area (Å²) in [7, 11) is 0. The van der Waals surface area contributed by atoms with Crippen molar-refractivity contribution in [2.75, 3.05) is 0 Å². The summed E-state index contributed by atoms with van der Waals surface area (Å²) in [6, 6.07) is 17.6. The van der Waals surface area contributed by atoms with E-state index >= 15 is 0 Å². The molecule has 2 nitrogen and oxygen atoms in total. The molecule has 0 aliphatic heterocycles. The second-order valence-electron chi connectivity index (χ2n) is 5.16. The van der Waals surface area contributed by atoms with E-state index in [-0.39, 0.29) is 0 Å². The molecular weight excluding hydrogens is 356 g/mol. The van der Waals surface area contributed by atoms with Crippen molar-refractivity contribution in [1.82, 2.24) is 0 Å². The van der Waals surface area contributed by atoms with Crippen LogP contribution in [0.25, 0.3) is 30.6 Å². The van der Waals surface area contributed by atoms with Gasteiger partial charge in [-0.15, -0.1) is 34.0 Å². The third-order valence-electron chi connectivity index (χ3n) is 3.69. The molecule has 0 radical (unpaired) electrons. The fourth-order valence-electron chi connectivity index (χ4n) is 2.63. The second-order valence-corrected chi connectivity index (χ2v) is 8.11. The molecule has 0 aliphatic rings. The van der Waals surface area contributed by atoms with Crippen LogP contribution in [0.15, 0.2) is 65.4 Å². The van der Waals surface area contributed by atoms with Gasteiger partial charge in [-0.25, -0.2) is 4.79 Å². The number of hydrogen-bond acceptors (Lipinski definition) is 4. The third-order valence-corrected chi connectivity index (χ3v) is 6.94. The molecule has 0 bridgehead atoms. The molecule has 4 aromatic rings. The molecule has 0 atom stereocenters. The molecule has 1 aromatic carbocycles. The number of hydrogen-bond donors (Lipinski definition) is 1. The Hall–Kier alpha value is -2.21. The summed E-state index contributed by atoms with van der Waals surface area (Å²) in [5, 5.41) is 13.7. The highest BCUT2D eigenvalue weighted by Gasteiger charge is 2.19. The summed E-state index contributed by atoms with van der Waals surface area (Å²) in [6.45, 7) is 0. The standard InChI is InChI=1S/C19H12O2S3/c20-19(21)13-6-2-1-5-12(13)14-11-17(15-7-3-9-22-15)24-18(14)16-8-4-10-23-16/h1-11H,(H,20,21). The van der Waals surface area contributed by atoms with Crippen LogP contribution in [0.2, 0.25) is 0 Å². The quantitative estimate of drug-likeness (QED) is 0.442. The number of benzene rings is 1. The Labute approximate surface area is 151 Å². The highest BCUT2D eigenvalue weighted by molar-refractivity contribution is 7.26. The van der Waals surface area contributed by atoms with Crippen molar-refractivity contribution in [3.63, 3.8) is 0 Å². The van der Waals surface area contributed by atoms with E-state index in [1.54, 1.807) is 46.1 Å². The molecule has 0 aliphatic carbocycles. The van der Waals surface area contributed by atoms with Crippen LogP contribution >= 0.6 is 34.0 Å². The van der Waals surface area contributed by atoms with Crippen molar-refractivity contribution >= 4 is 40.0 Å². The predicted octanol–water partition coefficient (Wildman–Crippen LogP) is 6.57. The van der Waals surface area contributed by atoms with Gasteiger partial charge in [0.25, 0.3) is 0 Å². The fourth-order valence-corrected chi connectivity index (χ4v) is 5.49. The molecule has 0 amide bonds. The predicted molar refractivity (Wildman–Crippen MR) is 103 cm³/mol. The maximum Gasteiger partial charge on any atom is 0.336 e. The SMILES string of the molecule is O=C(O)c1ccccc1-c1cc(-c2cccs2)sc1-c1cccs1. The van der Waals surface area contributed by atoms with Gasteiger partial charge < -0.3 is 5.11 Å². The Morgan fingerprint density at radius 3 is 2.17 bits per heavy atom. The van der Waals surface area contributed by atoms with Gasteiger partial charge in [0.05, 0.1) is 10.4 Å². The van der Waals surface area contributed by atoms with E-state index in [4.69, 9.17) is 0 Å². The van der Waals surface area contributed by atoms with Crippen molar-refractivity contribution in [2.24, 2.45) is 0 Å². The first kappa shape index (κ1) is 15.3. The van der Waals surface area contributed by atoms with Gasteiger partial charge in [0.2, 0.25) is 0 Å². The van der Waals surface area contributed by atoms with Crippen molar-refractivity contribution in [3.8, 4) is 30.6 Å². The zero-order valence-electron chi connectivity index (χ0n) is 12.4. The van der Waals surface area contributed by atoms with Gasteiger partial charge in [0.1, 0.15) is 0 Å². The number of aromatic carboxylic acids is 1. The largest absolute Gasteiger partial charge is 0.478 e. The van der Waals surface area contributed by atoms with Crippen LogP contribution in [0.3, 0.4) is 0 Å². The molecule has 118 valence electrons. The summed E-state index contributed by atoms with van der Waals surface area (Å²) in [6.07, 6.45) is 0. The first-order valence-corrected chi connectivity index (χ1v) is 9.86. The monoisotopic (exact) mass is 368 g/mol. The molecule has 4 rings (SSSR count). The van der Waals surface area contributed by atoms with Gasteiger partial charge >= 0.3 is 5.97 Å². The third kappa shape index (κ3) is 2.71. The van der Waals surface area contributed by atoms with Crippen molar-refractivity contribution in [1.29, 1.82) is 0 Å². The zero-order chi connectivity index (χ0) is 16.5. The molecule has 0 fully saturated rings. The lowest BCUT2D eigenvalue weighted by Crippen LogP contribution is -1.98. The highest BCUT2D eigenvalue weighted by Crippen LogP contribution is 2.46. The average molecular weight is 369 g/mol. The first-order valence-electron chi connectivity index (χ1n) is 7.28. The number of rotatable bonds is 4. The zero-order valence-corrected chi connectivity index (χ0v) is 14.9. The van der Waals surface area contributed by atoms with Crippen LogP contribution in [0.1, 0.15) is 10.4 Å². The highest BCUT2D eigenvalue weighted by atomic mass is 32.1. The molecule has 24 heavy (non-hydrogen) atoms. The first-order chi connectivity index (χ1) is 11.7. The lowest BCUT2D eigenvalue weighted by molar-refractivity contribution is 0.0697. The van der Waals surface area contributed by atoms with E-state index < -0.39 is 5.97 Å². The van der Waals surface area contributed by atoms with E-state index in [9.17, 15) is 9.90 Å². The summed E-state index contributed by atoms with van der Waals surface area (Å²) in [5.41, 5.74) is 2.10. The molecule has 1 N–H and O–H groups in total. The van der Waals surface area contributed by atoms with Gasteiger partial charge in [-0.2, -0.15) is 0 Å². The molecule has 3 heterocycles. The van der Waals surface area contributed by atoms with Crippen LogP contribution in [0.4, 0.5) is 0 Å².